The van der Waals surface area contributed by atoms with Crippen LogP contribution in [0.4, 0.5) is 0 Å². The Morgan fingerprint density at radius 3 is 2.71 bits per heavy atom. The summed E-state index contributed by atoms with van der Waals surface area (Å²) in [6, 6.07) is 17.4. The average Bonchev–Trinajstić information content (AvgIpc) is 3.18. The molecule has 3 aromatic rings. The Morgan fingerprint density at radius 2 is 1.96 bits per heavy atom. The summed E-state index contributed by atoms with van der Waals surface area (Å²) in [7, 11) is 2.24. The van der Waals surface area contributed by atoms with Gasteiger partial charge in [-0.1, -0.05) is 43.3 Å². The maximum absolute atomic E-state index is 4.82. The lowest BCUT2D eigenvalue weighted by Gasteiger charge is -2.41. The predicted octanol–water partition coefficient (Wildman–Crippen LogP) is 4.55. The molecule has 1 aliphatic rings. The third kappa shape index (κ3) is 4.66. The van der Waals surface area contributed by atoms with E-state index in [1.807, 2.05) is 24.4 Å². The summed E-state index contributed by atoms with van der Waals surface area (Å²) in [5.41, 5.74) is 3.52. The second kappa shape index (κ2) is 8.95. The number of hydrogen-bond acceptors (Lipinski definition) is 5. The van der Waals surface area contributed by atoms with Gasteiger partial charge in [-0.25, -0.2) is 4.98 Å². The van der Waals surface area contributed by atoms with Gasteiger partial charge >= 0.3 is 0 Å². The number of aromatic nitrogens is 2. The quantitative estimate of drug-likeness (QED) is 0.616. The SMILES string of the molecule is C[C@H]1CN(Cc2ccccc2)CC[C@H]1N(C)Cc1csc(-c2ccccn2)n1. The molecule has 2 atom stereocenters. The number of hydrogen-bond donors (Lipinski definition) is 0. The van der Waals surface area contributed by atoms with Gasteiger partial charge in [-0.2, -0.15) is 0 Å². The zero-order valence-electron chi connectivity index (χ0n) is 16.7. The molecule has 1 saturated heterocycles. The van der Waals surface area contributed by atoms with E-state index >= 15 is 0 Å². The molecule has 0 unspecified atom stereocenters. The Labute approximate surface area is 171 Å². The molecule has 0 aliphatic carbocycles. The third-order valence-corrected chi connectivity index (χ3v) is 6.52. The molecule has 146 valence electrons. The summed E-state index contributed by atoms with van der Waals surface area (Å²) in [5.74, 6) is 0.649. The lowest BCUT2D eigenvalue weighted by Crippen LogP contribution is -2.48. The first-order chi connectivity index (χ1) is 13.7. The molecular formula is C23H28N4S. The minimum Gasteiger partial charge on any atom is -0.299 e. The molecular weight excluding hydrogens is 364 g/mol. The number of benzene rings is 1. The highest BCUT2D eigenvalue weighted by molar-refractivity contribution is 7.13. The predicted molar refractivity (Wildman–Crippen MR) is 116 cm³/mol. The lowest BCUT2D eigenvalue weighted by atomic mass is 9.92. The van der Waals surface area contributed by atoms with E-state index < -0.39 is 0 Å². The molecule has 0 bridgehead atoms. The van der Waals surface area contributed by atoms with Gasteiger partial charge in [0.2, 0.25) is 0 Å². The van der Waals surface area contributed by atoms with Gasteiger partial charge in [-0.3, -0.25) is 14.8 Å². The Morgan fingerprint density at radius 1 is 1.14 bits per heavy atom. The highest BCUT2D eigenvalue weighted by Crippen LogP contribution is 2.26. The first kappa shape index (κ1) is 19.2. The van der Waals surface area contributed by atoms with E-state index in [2.05, 4.69) is 64.5 Å². The van der Waals surface area contributed by atoms with Crippen LogP contribution in [0.2, 0.25) is 0 Å². The van der Waals surface area contributed by atoms with E-state index in [9.17, 15) is 0 Å². The van der Waals surface area contributed by atoms with E-state index in [-0.39, 0.29) is 0 Å². The van der Waals surface area contributed by atoms with Crippen LogP contribution >= 0.6 is 11.3 Å². The van der Waals surface area contributed by atoms with Crippen molar-refractivity contribution in [2.45, 2.75) is 32.5 Å². The summed E-state index contributed by atoms with van der Waals surface area (Å²) < 4.78 is 0. The molecule has 1 aliphatic heterocycles. The molecule has 2 aromatic heterocycles. The molecule has 0 spiro atoms. The molecule has 4 rings (SSSR count). The van der Waals surface area contributed by atoms with Crippen molar-refractivity contribution >= 4 is 11.3 Å². The van der Waals surface area contributed by atoms with Crippen LogP contribution in [0.15, 0.2) is 60.1 Å². The van der Waals surface area contributed by atoms with E-state index in [1.165, 1.54) is 12.0 Å². The number of likely N-dealkylation sites (tertiary alicyclic amines) is 1. The first-order valence-electron chi connectivity index (χ1n) is 10.0. The monoisotopic (exact) mass is 392 g/mol. The summed E-state index contributed by atoms with van der Waals surface area (Å²) in [6.07, 6.45) is 3.04. The Balaban J connectivity index is 1.33. The molecule has 3 heterocycles. The van der Waals surface area contributed by atoms with Gasteiger partial charge in [0, 0.05) is 37.3 Å². The van der Waals surface area contributed by atoms with Crippen LogP contribution in [0.1, 0.15) is 24.6 Å². The molecule has 0 saturated carbocycles. The van der Waals surface area contributed by atoms with Crippen LogP contribution in [0.3, 0.4) is 0 Å². The maximum Gasteiger partial charge on any atom is 0.142 e. The van der Waals surface area contributed by atoms with Crippen molar-refractivity contribution in [1.29, 1.82) is 0 Å². The molecule has 1 fully saturated rings. The number of nitrogens with zero attached hydrogens (tertiary/aromatic N) is 4. The van der Waals surface area contributed by atoms with E-state index in [0.717, 1.165) is 42.6 Å². The van der Waals surface area contributed by atoms with Crippen molar-refractivity contribution in [2.24, 2.45) is 5.92 Å². The highest BCUT2D eigenvalue weighted by atomic mass is 32.1. The van der Waals surface area contributed by atoms with Crippen LogP contribution in [-0.4, -0.2) is 45.9 Å². The number of piperidine rings is 1. The average molecular weight is 393 g/mol. The molecule has 28 heavy (non-hydrogen) atoms. The minimum absolute atomic E-state index is 0.604. The van der Waals surface area contributed by atoms with Crippen LogP contribution in [0.5, 0.6) is 0 Å². The van der Waals surface area contributed by atoms with Gasteiger partial charge in [0.15, 0.2) is 0 Å². The number of thiazole rings is 1. The first-order valence-corrected chi connectivity index (χ1v) is 10.9. The standard InChI is InChI=1S/C23H28N4S/c1-18-14-27(15-19-8-4-3-5-9-19)13-11-22(18)26(2)16-20-17-28-23(25-20)21-10-6-7-12-24-21/h3-10,12,17-18,22H,11,13-16H2,1-2H3/t18-,22+/m0/s1. The second-order valence-electron chi connectivity index (χ2n) is 7.83. The molecule has 4 nitrogen and oxygen atoms in total. The molecule has 0 radical (unpaired) electrons. The highest BCUT2D eigenvalue weighted by Gasteiger charge is 2.29. The van der Waals surface area contributed by atoms with Gasteiger partial charge in [0.1, 0.15) is 5.01 Å². The second-order valence-corrected chi connectivity index (χ2v) is 8.69. The van der Waals surface area contributed by atoms with Crippen molar-refractivity contribution in [2.75, 3.05) is 20.1 Å². The molecule has 0 amide bonds. The zero-order valence-corrected chi connectivity index (χ0v) is 17.5. The fourth-order valence-corrected chi connectivity index (χ4v) is 5.01. The van der Waals surface area contributed by atoms with E-state index in [0.29, 0.717) is 12.0 Å². The summed E-state index contributed by atoms with van der Waals surface area (Å²) in [5, 5.41) is 3.19. The smallest absolute Gasteiger partial charge is 0.142 e. The van der Waals surface area contributed by atoms with Crippen molar-refractivity contribution < 1.29 is 0 Å². The number of pyridine rings is 1. The summed E-state index contributed by atoms with van der Waals surface area (Å²) in [4.78, 5) is 14.3. The fourth-order valence-electron chi connectivity index (χ4n) is 4.22. The van der Waals surface area contributed by atoms with Gasteiger partial charge in [0.25, 0.3) is 0 Å². The van der Waals surface area contributed by atoms with Crippen LogP contribution in [0, 0.1) is 5.92 Å². The Kier molecular flexibility index (Phi) is 6.15. The zero-order chi connectivity index (χ0) is 19.3. The van der Waals surface area contributed by atoms with Crippen molar-refractivity contribution in [3.05, 3.63) is 71.4 Å². The normalized spacial score (nSPS) is 20.5. The molecule has 0 N–H and O–H groups in total. The van der Waals surface area contributed by atoms with Crippen LogP contribution in [0.25, 0.3) is 10.7 Å². The van der Waals surface area contributed by atoms with Crippen LogP contribution < -0.4 is 0 Å². The van der Waals surface area contributed by atoms with Crippen molar-refractivity contribution in [3.63, 3.8) is 0 Å². The summed E-state index contributed by atoms with van der Waals surface area (Å²) >= 11 is 1.69. The minimum atomic E-state index is 0.604. The van der Waals surface area contributed by atoms with Gasteiger partial charge in [-0.15, -0.1) is 11.3 Å². The topological polar surface area (TPSA) is 32.3 Å². The largest absolute Gasteiger partial charge is 0.299 e. The van der Waals surface area contributed by atoms with Gasteiger partial charge < -0.3 is 0 Å². The number of rotatable bonds is 6. The van der Waals surface area contributed by atoms with E-state index in [4.69, 9.17) is 4.98 Å². The van der Waals surface area contributed by atoms with Gasteiger partial charge in [0.05, 0.1) is 11.4 Å². The van der Waals surface area contributed by atoms with Gasteiger partial charge in [-0.05, 0) is 43.6 Å². The lowest BCUT2D eigenvalue weighted by molar-refractivity contribution is 0.0714. The Bertz CT molecular complexity index is 865. The fraction of sp³-hybridized carbons (Fsp3) is 0.391. The van der Waals surface area contributed by atoms with E-state index in [1.54, 1.807) is 11.3 Å². The van der Waals surface area contributed by atoms with Crippen molar-refractivity contribution in [3.8, 4) is 10.7 Å². The Hall–Kier alpha value is -2.08. The third-order valence-electron chi connectivity index (χ3n) is 5.61. The maximum atomic E-state index is 4.82. The summed E-state index contributed by atoms with van der Waals surface area (Å²) in [6.45, 7) is 6.65. The molecule has 5 heteroatoms. The van der Waals surface area contributed by atoms with Crippen molar-refractivity contribution in [1.82, 2.24) is 19.8 Å². The molecule has 1 aromatic carbocycles. The van der Waals surface area contributed by atoms with Crippen LogP contribution in [-0.2, 0) is 13.1 Å².